The van der Waals surface area contributed by atoms with E-state index in [1.54, 1.807) is 30.3 Å². The van der Waals surface area contributed by atoms with E-state index < -0.39 is 15.8 Å². The Balaban J connectivity index is 2.10. The van der Waals surface area contributed by atoms with E-state index in [9.17, 15) is 12.8 Å². The van der Waals surface area contributed by atoms with Crippen LogP contribution in [-0.4, -0.2) is 8.42 Å². The van der Waals surface area contributed by atoms with Gasteiger partial charge < -0.3 is 5.73 Å². The van der Waals surface area contributed by atoms with E-state index in [0.717, 1.165) is 17.7 Å². The number of benzene rings is 3. The first-order valence-electron chi connectivity index (χ1n) is 7.64. The zero-order chi connectivity index (χ0) is 17.9. The summed E-state index contributed by atoms with van der Waals surface area (Å²) in [6, 6.07) is 21.2. The van der Waals surface area contributed by atoms with Crippen molar-refractivity contribution in [2.75, 3.05) is 10.0 Å². The molecule has 0 amide bonds. The molecule has 25 heavy (non-hydrogen) atoms. The first-order chi connectivity index (χ1) is 12.0. The van der Waals surface area contributed by atoms with Gasteiger partial charge in [-0.05, 0) is 35.9 Å². The lowest BCUT2D eigenvalue weighted by molar-refractivity contribution is 0.586. The molecule has 0 saturated carbocycles. The van der Waals surface area contributed by atoms with Gasteiger partial charge in [0.15, 0.2) is 0 Å². The second kappa shape index (κ2) is 6.94. The summed E-state index contributed by atoms with van der Waals surface area (Å²) in [5.41, 5.74) is 7.00. The SMILES string of the molecule is Nc1cc(F)cc(S(=O)(=O)N(Cc2ccccc2)c2ccccc2)c1. The minimum atomic E-state index is -3.98. The van der Waals surface area contributed by atoms with E-state index in [0.29, 0.717) is 5.69 Å². The monoisotopic (exact) mass is 356 g/mol. The number of nitrogens with two attached hydrogens (primary N) is 1. The first-order valence-corrected chi connectivity index (χ1v) is 9.08. The van der Waals surface area contributed by atoms with Gasteiger partial charge in [0.05, 0.1) is 17.1 Å². The average molecular weight is 356 g/mol. The first kappa shape index (κ1) is 17.0. The lowest BCUT2D eigenvalue weighted by atomic mass is 10.2. The molecule has 3 rings (SSSR count). The van der Waals surface area contributed by atoms with Crippen LogP contribution in [0.3, 0.4) is 0 Å². The van der Waals surface area contributed by atoms with Crippen molar-refractivity contribution >= 4 is 21.4 Å². The van der Waals surface area contributed by atoms with Crippen LogP contribution in [0.25, 0.3) is 0 Å². The fourth-order valence-electron chi connectivity index (χ4n) is 2.52. The number of rotatable bonds is 5. The van der Waals surface area contributed by atoms with Gasteiger partial charge >= 0.3 is 0 Å². The fraction of sp³-hybridized carbons (Fsp3) is 0.0526. The molecule has 0 aromatic heterocycles. The van der Waals surface area contributed by atoms with Crippen molar-refractivity contribution in [1.29, 1.82) is 0 Å². The van der Waals surface area contributed by atoms with Gasteiger partial charge in [-0.15, -0.1) is 0 Å². The largest absolute Gasteiger partial charge is 0.399 e. The number of hydrogen-bond donors (Lipinski definition) is 1. The molecule has 0 bridgehead atoms. The summed E-state index contributed by atoms with van der Waals surface area (Å²) in [6.45, 7) is 0.129. The lowest BCUT2D eigenvalue weighted by Crippen LogP contribution is -2.30. The summed E-state index contributed by atoms with van der Waals surface area (Å²) in [6.07, 6.45) is 0. The standard InChI is InChI=1S/C19H17FN2O2S/c20-16-11-17(21)13-19(12-16)25(23,24)22(18-9-5-2-6-10-18)14-15-7-3-1-4-8-15/h1-13H,14,21H2. The average Bonchev–Trinajstić information content (AvgIpc) is 2.60. The number of hydrogen-bond acceptors (Lipinski definition) is 3. The summed E-state index contributed by atoms with van der Waals surface area (Å²) in [5.74, 6) is -0.689. The van der Waals surface area contributed by atoms with Gasteiger partial charge in [0.2, 0.25) is 0 Å². The van der Waals surface area contributed by atoms with Gasteiger partial charge in [0.25, 0.3) is 10.0 Å². The molecule has 0 aliphatic carbocycles. The van der Waals surface area contributed by atoms with Crippen LogP contribution in [0.1, 0.15) is 5.56 Å². The van der Waals surface area contributed by atoms with Gasteiger partial charge in [0.1, 0.15) is 5.82 Å². The summed E-state index contributed by atoms with van der Waals surface area (Å²) in [5, 5.41) is 0. The molecular formula is C19H17FN2O2S. The lowest BCUT2D eigenvalue weighted by Gasteiger charge is -2.25. The van der Waals surface area contributed by atoms with Crippen LogP contribution in [-0.2, 0) is 16.6 Å². The van der Waals surface area contributed by atoms with Gasteiger partial charge in [-0.1, -0.05) is 48.5 Å². The van der Waals surface area contributed by atoms with Crippen molar-refractivity contribution in [3.8, 4) is 0 Å². The summed E-state index contributed by atoms with van der Waals surface area (Å²) < 4.78 is 41.2. The topological polar surface area (TPSA) is 63.4 Å². The summed E-state index contributed by atoms with van der Waals surface area (Å²) in [4.78, 5) is -0.176. The van der Waals surface area contributed by atoms with E-state index >= 15 is 0 Å². The quantitative estimate of drug-likeness (QED) is 0.707. The summed E-state index contributed by atoms with van der Waals surface area (Å²) in [7, 11) is -3.98. The second-order valence-corrected chi connectivity index (χ2v) is 7.42. The molecule has 0 heterocycles. The van der Waals surface area contributed by atoms with E-state index in [4.69, 9.17) is 5.73 Å². The fourth-order valence-corrected chi connectivity index (χ4v) is 4.04. The molecule has 0 radical (unpaired) electrons. The molecule has 6 heteroatoms. The van der Waals surface area contributed by atoms with Crippen LogP contribution in [0.5, 0.6) is 0 Å². The Morgan fingerprint density at radius 2 is 1.48 bits per heavy atom. The Hall–Kier alpha value is -2.86. The van der Waals surface area contributed by atoms with E-state index in [1.165, 1.54) is 10.4 Å². The number of para-hydroxylation sites is 1. The molecule has 0 aliphatic rings. The molecule has 0 aliphatic heterocycles. The van der Waals surface area contributed by atoms with Crippen LogP contribution in [0, 0.1) is 5.82 Å². The van der Waals surface area contributed by atoms with E-state index in [-0.39, 0.29) is 17.1 Å². The molecule has 3 aromatic carbocycles. The highest BCUT2D eigenvalue weighted by atomic mass is 32.2. The maximum atomic E-state index is 13.7. The number of nitrogens with zero attached hydrogens (tertiary/aromatic N) is 1. The third-order valence-electron chi connectivity index (χ3n) is 3.69. The molecule has 3 aromatic rings. The van der Waals surface area contributed by atoms with Crippen LogP contribution < -0.4 is 10.0 Å². The number of nitrogen functional groups attached to an aromatic ring is 1. The third kappa shape index (κ3) is 3.80. The molecule has 128 valence electrons. The minimum absolute atomic E-state index is 0.0614. The zero-order valence-electron chi connectivity index (χ0n) is 13.3. The van der Waals surface area contributed by atoms with Gasteiger partial charge in [0, 0.05) is 5.69 Å². The number of anilines is 2. The van der Waals surface area contributed by atoms with E-state index in [2.05, 4.69) is 0 Å². The van der Waals surface area contributed by atoms with Crippen LogP contribution in [0.2, 0.25) is 0 Å². The van der Waals surface area contributed by atoms with Crippen molar-refractivity contribution in [2.24, 2.45) is 0 Å². The van der Waals surface area contributed by atoms with Crippen molar-refractivity contribution in [3.63, 3.8) is 0 Å². The Morgan fingerprint density at radius 3 is 2.08 bits per heavy atom. The van der Waals surface area contributed by atoms with Gasteiger partial charge in [-0.25, -0.2) is 12.8 Å². The molecule has 0 atom stereocenters. The predicted octanol–water partition coefficient (Wildman–Crippen LogP) is 3.80. The molecule has 2 N–H and O–H groups in total. The molecule has 4 nitrogen and oxygen atoms in total. The van der Waals surface area contributed by atoms with Gasteiger partial charge in [-0.2, -0.15) is 0 Å². The van der Waals surface area contributed by atoms with Crippen molar-refractivity contribution in [1.82, 2.24) is 0 Å². The Labute approximate surface area is 146 Å². The maximum Gasteiger partial charge on any atom is 0.264 e. The third-order valence-corrected chi connectivity index (χ3v) is 5.45. The number of halogens is 1. The highest BCUT2D eigenvalue weighted by Gasteiger charge is 2.26. The summed E-state index contributed by atoms with van der Waals surface area (Å²) >= 11 is 0. The zero-order valence-corrected chi connectivity index (χ0v) is 14.2. The second-order valence-electron chi connectivity index (χ2n) is 5.55. The van der Waals surface area contributed by atoms with E-state index in [1.807, 2.05) is 30.3 Å². The van der Waals surface area contributed by atoms with Crippen LogP contribution in [0.4, 0.5) is 15.8 Å². The smallest absolute Gasteiger partial charge is 0.264 e. The van der Waals surface area contributed by atoms with Crippen molar-refractivity contribution in [3.05, 3.63) is 90.2 Å². The Morgan fingerprint density at radius 1 is 0.880 bits per heavy atom. The van der Waals surface area contributed by atoms with Gasteiger partial charge in [-0.3, -0.25) is 4.31 Å². The molecular weight excluding hydrogens is 339 g/mol. The molecule has 0 fully saturated rings. The normalized spacial score (nSPS) is 11.2. The minimum Gasteiger partial charge on any atom is -0.399 e. The highest BCUT2D eigenvalue weighted by molar-refractivity contribution is 7.92. The predicted molar refractivity (Wildman–Crippen MR) is 97.1 cm³/mol. The number of sulfonamides is 1. The van der Waals surface area contributed by atoms with Crippen molar-refractivity contribution < 1.29 is 12.8 Å². The molecule has 0 unspecified atom stereocenters. The Kier molecular flexibility index (Phi) is 4.72. The molecule has 0 spiro atoms. The van der Waals surface area contributed by atoms with Crippen LogP contribution in [0.15, 0.2) is 83.8 Å². The molecule has 0 saturated heterocycles. The van der Waals surface area contributed by atoms with Crippen LogP contribution >= 0.6 is 0 Å². The van der Waals surface area contributed by atoms with Crippen molar-refractivity contribution in [2.45, 2.75) is 11.4 Å². The highest BCUT2D eigenvalue weighted by Crippen LogP contribution is 2.27. The Bertz CT molecular complexity index is 941. The maximum absolute atomic E-state index is 13.7.